The summed E-state index contributed by atoms with van der Waals surface area (Å²) < 4.78 is 0. The minimum Gasteiger partial charge on any atom is -0.391 e. The third kappa shape index (κ3) is 2.85. The Balaban J connectivity index is 1.98. The van der Waals surface area contributed by atoms with Crippen LogP contribution >= 0.6 is 0 Å². The van der Waals surface area contributed by atoms with Crippen molar-refractivity contribution in [2.24, 2.45) is 5.92 Å². The van der Waals surface area contributed by atoms with Crippen LogP contribution < -0.4 is 0 Å². The van der Waals surface area contributed by atoms with E-state index in [0.717, 1.165) is 12.3 Å². The third-order valence-corrected chi connectivity index (χ3v) is 5.26. The Bertz CT molecular complexity index is 227. The molecule has 0 saturated heterocycles. The standard InChI is InChI=1S/C15H29NO/c1-16(2)15(10-6-3-7-11-15)14(17)12-13-8-4-5-9-13/h13-14,17H,3-12H2,1-2H3. The van der Waals surface area contributed by atoms with Crippen molar-refractivity contribution in [1.29, 1.82) is 0 Å². The molecule has 0 radical (unpaired) electrons. The summed E-state index contributed by atoms with van der Waals surface area (Å²) in [7, 11) is 4.31. The van der Waals surface area contributed by atoms with Gasteiger partial charge in [-0.15, -0.1) is 0 Å². The molecule has 0 amide bonds. The van der Waals surface area contributed by atoms with Crippen molar-refractivity contribution in [3.05, 3.63) is 0 Å². The Hall–Kier alpha value is -0.0800. The summed E-state index contributed by atoms with van der Waals surface area (Å²) in [6, 6.07) is 0. The Labute approximate surface area is 106 Å². The largest absolute Gasteiger partial charge is 0.391 e. The highest BCUT2D eigenvalue weighted by Gasteiger charge is 2.41. The van der Waals surface area contributed by atoms with Crippen molar-refractivity contribution in [1.82, 2.24) is 4.90 Å². The van der Waals surface area contributed by atoms with Crippen LogP contribution in [0.2, 0.25) is 0 Å². The molecule has 0 aromatic rings. The van der Waals surface area contributed by atoms with Crippen molar-refractivity contribution < 1.29 is 5.11 Å². The normalized spacial score (nSPS) is 27.5. The van der Waals surface area contributed by atoms with Gasteiger partial charge in [0.25, 0.3) is 0 Å². The lowest BCUT2D eigenvalue weighted by molar-refractivity contribution is -0.0426. The van der Waals surface area contributed by atoms with E-state index in [1.165, 1.54) is 57.8 Å². The van der Waals surface area contributed by atoms with E-state index in [4.69, 9.17) is 0 Å². The van der Waals surface area contributed by atoms with Crippen LogP contribution in [0.25, 0.3) is 0 Å². The SMILES string of the molecule is CN(C)C1(C(O)CC2CCCC2)CCCCC1. The van der Waals surface area contributed by atoms with Crippen molar-refractivity contribution in [2.75, 3.05) is 14.1 Å². The van der Waals surface area contributed by atoms with E-state index in [-0.39, 0.29) is 11.6 Å². The molecule has 0 bridgehead atoms. The first-order valence-corrected chi connectivity index (χ1v) is 7.51. The van der Waals surface area contributed by atoms with Gasteiger partial charge in [-0.25, -0.2) is 0 Å². The third-order valence-electron chi connectivity index (χ3n) is 5.26. The number of aliphatic hydroxyl groups is 1. The molecular formula is C15H29NO. The lowest BCUT2D eigenvalue weighted by Gasteiger charge is -2.47. The molecule has 1 unspecified atom stereocenters. The van der Waals surface area contributed by atoms with Crippen LogP contribution in [0.5, 0.6) is 0 Å². The van der Waals surface area contributed by atoms with Crippen LogP contribution in [0.3, 0.4) is 0 Å². The Morgan fingerprint density at radius 1 is 1.06 bits per heavy atom. The molecule has 100 valence electrons. The maximum atomic E-state index is 10.7. The van der Waals surface area contributed by atoms with E-state index in [0.29, 0.717) is 0 Å². The van der Waals surface area contributed by atoms with Gasteiger partial charge < -0.3 is 10.0 Å². The zero-order valence-electron chi connectivity index (χ0n) is 11.6. The summed E-state index contributed by atoms with van der Waals surface area (Å²) in [5, 5.41) is 10.7. The average molecular weight is 239 g/mol. The molecule has 2 nitrogen and oxygen atoms in total. The average Bonchev–Trinajstić information content (AvgIpc) is 2.82. The molecule has 0 heterocycles. The predicted octanol–water partition coefficient (Wildman–Crippen LogP) is 3.19. The second kappa shape index (κ2) is 5.71. The molecule has 2 fully saturated rings. The van der Waals surface area contributed by atoms with Gasteiger partial charge in [-0.2, -0.15) is 0 Å². The summed E-state index contributed by atoms with van der Waals surface area (Å²) in [4.78, 5) is 2.31. The Kier molecular flexibility index (Phi) is 4.48. The van der Waals surface area contributed by atoms with Crippen molar-refractivity contribution >= 4 is 0 Å². The maximum absolute atomic E-state index is 10.7. The van der Waals surface area contributed by atoms with E-state index in [2.05, 4.69) is 19.0 Å². The molecule has 2 saturated carbocycles. The number of rotatable bonds is 4. The van der Waals surface area contributed by atoms with E-state index >= 15 is 0 Å². The highest BCUT2D eigenvalue weighted by molar-refractivity contribution is 4.97. The number of hydrogen-bond donors (Lipinski definition) is 1. The number of aliphatic hydroxyl groups excluding tert-OH is 1. The summed E-state index contributed by atoms with van der Waals surface area (Å²) in [5.74, 6) is 0.795. The topological polar surface area (TPSA) is 23.5 Å². The van der Waals surface area contributed by atoms with E-state index in [9.17, 15) is 5.11 Å². The van der Waals surface area contributed by atoms with Crippen molar-refractivity contribution in [2.45, 2.75) is 75.9 Å². The molecule has 1 atom stereocenters. The smallest absolute Gasteiger partial charge is 0.0726 e. The van der Waals surface area contributed by atoms with Crippen molar-refractivity contribution in [3.63, 3.8) is 0 Å². The molecule has 2 aliphatic rings. The quantitative estimate of drug-likeness (QED) is 0.814. The fourth-order valence-electron chi connectivity index (χ4n) is 4.02. The molecule has 0 aromatic heterocycles. The lowest BCUT2D eigenvalue weighted by atomic mass is 9.74. The molecule has 0 aliphatic heterocycles. The van der Waals surface area contributed by atoms with Crippen LogP contribution in [0.1, 0.15) is 64.2 Å². The molecule has 0 aromatic carbocycles. The van der Waals surface area contributed by atoms with Crippen LogP contribution in [0.4, 0.5) is 0 Å². The van der Waals surface area contributed by atoms with Crippen LogP contribution in [-0.4, -0.2) is 35.7 Å². The van der Waals surface area contributed by atoms with Gasteiger partial charge in [0.15, 0.2) is 0 Å². The number of hydrogen-bond acceptors (Lipinski definition) is 2. The summed E-state index contributed by atoms with van der Waals surface area (Å²) in [6.45, 7) is 0. The molecule has 17 heavy (non-hydrogen) atoms. The minimum absolute atomic E-state index is 0.0842. The van der Waals surface area contributed by atoms with Gasteiger partial charge in [0.2, 0.25) is 0 Å². The van der Waals surface area contributed by atoms with Gasteiger partial charge in [0.05, 0.1) is 6.10 Å². The lowest BCUT2D eigenvalue weighted by Crippen LogP contribution is -2.55. The first-order valence-electron chi connectivity index (χ1n) is 7.51. The second-order valence-corrected chi connectivity index (χ2v) is 6.46. The van der Waals surface area contributed by atoms with Crippen molar-refractivity contribution in [3.8, 4) is 0 Å². The number of nitrogens with zero attached hydrogens (tertiary/aromatic N) is 1. The monoisotopic (exact) mass is 239 g/mol. The zero-order valence-corrected chi connectivity index (χ0v) is 11.6. The van der Waals surface area contributed by atoms with E-state index in [1.807, 2.05) is 0 Å². The first-order chi connectivity index (χ1) is 8.15. The Morgan fingerprint density at radius 2 is 1.65 bits per heavy atom. The van der Waals surface area contributed by atoms with Gasteiger partial charge in [-0.3, -0.25) is 0 Å². The van der Waals surface area contributed by atoms with Gasteiger partial charge in [0, 0.05) is 5.54 Å². The summed E-state index contributed by atoms with van der Waals surface area (Å²) in [6.07, 6.45) is 12.7. The maximum Gasteiger partial charge on any atom is 0.0726 e. The van der Waals surface area contributed by atoms with Gasteiger partial charge in [-0.05, 0) is 39.3 Å². The van der Waals surface area contributed by atoms with Gasteiger partial charge >= 0.3 is 0 Å². The highest BCUT2D eigenvalue weighted by Crippen LogP contribution is 2.39. The summed E-state index contributed by atoms with van der Waals surface area (Å²) >= 11 is 0. The molecular weight excluding hydrogens is 210 g/mol. The summed E-state index contributed by atoms with van der Waals surface area (Å²) in [5.41, 5.74) is 0.0842. The molecule has 2 rings (SSSR count). The second-order valence-electron chi connectivity index (χ2n) is 6.46. The van der Waals surface area contributed by atoms with Crippen LogP contribution in [0, 0.1) is 5.92 Å². The first kappa shape index (κ1) is 13.4. The number of likely N-dealkylation sites (N-methyl/N-ethyl adjacent to an activating group) is 1. The Morgan fingerprint density at radius 3 is 2.18 bits per heavy atom. The highest BCUT2D eigenvalue weighted by atomic mass is 16.3. The molecule has 2 heteroatoms. The van der Waals surface area contributed by atoms with E-state index in [1.54, 1.807) is 0 Å². The molecule has 2 aliphatic carbocycles. The van der Waals surface area contributed by atoms with Gasteiger partial charge in [0.1, 0.15) is 0 Å². The molecule has 1 N–H and O–H groups in total. The predicted molar refractivity (Wildman–Crippen MR) is 72.1 cm³/mol. The fourth-order valence-corrected chi connectivity index (χ4v) is 4.02. The van der Waals surface area contributed by atoms with E-state index < -0.39 is 0 Å². The fraction of sp³-hybridized carbons (Fsp3) is 1.00. The van der Waals surface area contributed by atoms with Crippen LogP contribution in [-0.2, 0) is 0 Å². The van der Waals surface area contributed by atoms with Gasteiger partial charge in [-0.1, -0.05) is 44.9 Å². The molecule has 0 spiro atoms. The minimum atomic E-state index is -0.110. The zero-order chi connectivity index (χ0) is 12.3. The van der Waals surface area contributed by atoms with Crippen LogP contribution in [0.15, 0.2) is 0 Å².